The third-order valence-corrected chi connectivity index (χ3v) is 6.86. The molecule has 160 valence electrons. The third-order valence-electron chi connectivity index (χ3n) is 6.63. The first-order valence-electron chi connectivity index (χ1n) is 10.8. The maximum atomic E-state index is 14.1. The maximum absolute atomic E-state index is 14.1. The number of piperidine rings is 1. The number of aromatic nitrogens is 5. The highest BCUT2D eigenvalue weighted by atomic mass is 35.5. The molecule has 1 saturated carbocycles. The van der Waals surface area contributed by atoms with Gasteiger partial charge in [-0.3, -0.25) is 9.47 Å². The summed E-state index contributed by atoms with van der Waals surface area (Å²) < 4.78 is 16.4. The first kappa shape index (κ1) is 19.1. The summed E-state index contributed by atoms with van der Waals surface area (Å²) in [5.74, 6) is 2.27. The lowest BCUT2D eigenvalue weighted by Crippen LogP contribution is -2.35. The van der Waals surface area contributed by atoms with Gasteiger partial charge in [0.1, 0.15) is 12.2 Å². The van der Waals surface area contributed by atoms with Crippen molar-refractivity contribution in [3.05, 3.63) is 58.8 Å². The highest BCUT2D eigenvalue weighted by Crippen LogP contribution is 2.37. The zero-order chi connectivity index (χ0) is 20.9. The minimum atomic E-state index is -0.372. The van der Waals surface area contributed by atoms with E-state index in [9.17, 15) is 4.39 Å². The van der Waals surface area contributed by atoms with Gasteiger partial charge in [0.05, 0.1) is 18.4 Å². The quantitative estimate of drug-likeness (QED) is 0.620. The van der Waals surface area contributed by atoms with E-state index in [4.69, 9.17) is 11.6 Å². The van der Waals surface area contributed by atoms with E-state index in [1.54, 1.807) is 0 Å². The summed E-state index contributed by atoms with van der Waals surface area (Å²) in [6.45, 7) is 3.13. The fraction of sp³-hybridized carbons (Fsp3) is 0.455. The third kappa shape index (κ3) is 3.47. The van der Waals surface area contributed by atoms with Crippen LogP contribution >= 0.6 is 11.6 Å². The highest BCUT2D eigenvalue weighted by molar-refractivity contribution is 6.30. The first-order chi connectivity index (χ1) is 15.2. The first-order valence-corrected chi connectivity index (χ1v) is 11.2. The average molecular weight is 440 g/mol. The van der Waals surface area contributed by atoms with Crippen LogP contribution in [0.5, 0.6) is 0 Å². The Balaban J connectivity index is 1.31. The summed E-state index contributed by atoms with van der Waals surface area (Å²) in [4.78, 5) is 12.4. The fourth-order valence-electron chi connectivity index (χ4n) is 4.90. The van der Waals surface area contributed by atoms with E-state index in [2.05, 4.69) is 41.8 Å². The van der Waals surface area contributed by atoms with Crippen LogP contribution in [0, 0.1) is 5.82 Å². The molecule has 3 aliphatic rings. The molecule has 2 aliphatic heterocycles. The number of fused-ring (bicyclic) bond motifs is 3. The minimum Gasteiger partial charge on any atom is -0.354 e. The van der Waals surface area contributed by atoms with Crippen molar-refractivity contribution in [2.45, 2.75) is 50.7 Å². The second kappa shape index (κ2) is 7.53. The van der Waals surface area contributed by atoms with Crippen molar-refractivity contribution in [1.82, 2.24) is 29.6 Å². The molecule has 0 unspecified atom stereocenters. The molecule has 0 N–H and O–H groups in total. The molecule has 0 radical (unpaired) electrons. The Morgan fingerprint density at radius 3 is 2.65 bits per heavy atom. The molecule has 6 rings (SSSR count). The summed E-state index contributed by atoms with van der Waals surface area (Å²) in [5.41, 5.74) is 2.35. The number of benzene rings is 1. The molecule has 0 spiro atoms. The van der Waals surface area contributed by atoms with E-state index in [1.165, 1.54) is 30.9 Å². The molecule has 2 fully saturated rings. The number of halogens is 2. The Bertz CT molecular complexity index is 1120. The van der Waals surface area contributed by atoms with Gasteiger partial charge in [-0.1, -0.05) is 11.6 Å². The van der Waals surface area contributed by atoms with Crippen LogP contribution < -0.4 is 4.90 Å². The van der Waals surface area contributed by atoms with Gasteiger partial charge in [-0.25, -0.2) is 14.4 Å². The van der Waals surface area contributed by atoms with Gasteiger partial charge in [0.2, 0.25) is 0 Å². The molecular weight excluding hydrogens is 417 g/mol. The summed E-state index contributed by atoms with van der Waals surface area (Å²) >= 11 is 6.34. The number of hydrogen-bond donors (Lipinski definition) is 0. The number of anilines is 1. The van der Waals surface area contributed by atoms with Crippen LogP contribution in [-0.2, 0) is 13.1 Å². The predicted octanol–water partition coefficient (Wildman–Crippen LogP) is 3.71. The van der Waals surface area contributed by atoms with E-state index in [0.29, 0.717) is 11.9 Å². The van der Waals surface area contributed by atoms with Crippen LogP contribution in [-0.4, -0.2) is 48.8 Å². The Labute approximate surface area is 184 Å². The van der Waals surface area contributed by atoms with Crippen molar-refractivity contribution < 1.29 is 4.39 Å². The van der Waals surface area contributed by atoms with Crippen LogP contribution in [0.25, 0.3) is 5.69 Å². The van der Waals surface area contributed by atoms with Crippen LogP contribution in [0.2, 0.25) is 5.02 Å². The Hall–Kier alpha value is -2.58. The lowest BCUT2D eigenvalue weighted by atomic mass is 9.95. The van der Waals surface area contributed by atoms with E-state index >= 15 is 0 Å². The van der Waals surface area contributed by atoms with Gasteiger partial charge in [-0.2, -0.15) is 0 Å². The SMILES string of the molecule is Fc1cncnc1N1CCC(c2nnc3n2-c2ccc(Cl)cc2CN(C2CC2)C3)CC1. The molecule has 4 heterocycles. The molecule has 7 nitrogen and oxygen atoms in total. The van der Waals surface area contributed by atoms with Crippen LogP contribution in [0.1, 0.15) is 48.8 Å². The predicted molar refractivity (Wildman–Crippen MR) is 115 cm³/mol. The smallest absolute Gasteiger partial charge is 0.183 e. The zero-order valence-corrected chi connectivity index (χ0v) is 17.8. The summed E-state index contributed by atoms with van der Waals surface area (Å²) in [5, 5.41) is 10.0. The molecule has 1 aromatic carbocycles. The summed E-state index contributed by atoms with van der Waals surface area (Å²) in [7, 11) is 0. The van der Waals surface area contributed by atoms with Gasteiger partial charge in [0.25, 0.3) is 0 Å². The topological polar surface area (TPSA) is 63.0 Å². The Kier molecular flexibility index (Phi) is 4.65. The fourth-order valence-corrected chi connectivity index (χ4v) is 5.10. The maximum Gasteiger partial charge on any atom is 0.183 e. The monoisotopic (exact) mass is 439 g/mol. The molecule has 0 bridgehead atoms. The Morgan fingerprint density at radius 2 is 1.87 bits per heavy atom. The normalized spacial score (nSPS) is 19.7. The highest BCUT2D eigenvalue weighted by Gasteiger charge is 2.35. The van der Waals surface area contributed by atoms with Gasteiger partial charge in [-0.15, -0.1) is 10.2 Å². The van der Waals surface area contributed by atoms with Gasteiger partial charge in [0.15, 0.2) is 17.5 Å². The van der Waals surface area contributed by atoms with Gasteiger partial charge in [0, 0.05) is 36.6 Å². The van der Waals surface area contributed by atoms with Crippen molar-refractivity contribution in [1.29, 1.82) is 0 Å². The van der Waals surface area contributed by atoms with Gasteiger partial charge >= 0.3 is 0 Å². The second-order valence-corrected chi connectivity index (χ2v) is 9.11. The minimum absolute atomic E-state index is 0.262. The lowest BCUT2D eigenvalue weighted by Gasteiger charge is -2.32. The van der Waals surface area contributed by atoms with Crippen molar-refractivity contribution in [2.24, 2.45) is 0 Å². The largest absolute Gasteiger partial charge is 0.354 e. The number of rotatable bonds is 3. The molecule has 9 heteroatoms. The average Bonchev–Trinajstić information content (AvgIpc) is 3.57. The van der Waals surface area contributed by atoms with Crippen LogP contribution in [0.15, 0.2) is 30.7 Å². The van der Waals surface area contributed by atoms with Crippen molar-refractivity contribution in [3.8, 4) is 5.69 Å². The van der Waals surface area contributed by atoms with Gasteiger partial charge in [-0.05, 0) is 49.4 Å². The molecule has 31 heavy (non-hydrogen) atoms. The molecule has 1 saturated heterocycles. The van der Waals surface area contributed by atoms with E-state index in [0.717, 1.165) is 61.4 Å². The van der Waals surface area contributed by atoms with E-state index in [1.807, 2.05) is 11.0 Å². The number of hydrogen-bond acceptors (Lipinski definition) is 6. The van der Waals surface area contributed by atoms with Gasteiger partial charge < -0.3 is 4.90 Å². The molecule has 0 atom stereocenters. The zero-order valence-electron chi connectivity index (χ0n) is 17.1. The Morgan fingerprint density at radius 1 is 1.03 bits per heavy atom. The van der Waals surface area contributed by atoms with E-state index in [-0.39, 0.29) is 11.7 Å². The summed E-state index contributed by atoms with van der Waals surface area (Å²) in [6.07, 6.45) is 6.86. The van der Waals surface area contributed by atoms with E-state index < -0.39 is 0 Å². The van der Waals surface area contributed by atoms with Crippen molar-refractivity contribution in [3.63, 3.8) is 0 Å². The van der Waals surface area contributed by atoms with Crippen LogP contribution in [0.4, 0.5) is 10.2 Å². The molecule has 0 amide bonds. The summed E-state index contributed by atoms with van der Waals surface area (Å²) in [6, 6.07) is 6.74. The molecule has 3 aromatic rings. The molecule has 2 aromatic heterocycles. The standard InChI is InChI=1S/C22H23ClFN7/c23-16-1-4-19-15(9-16)11-30(17-2-3-17)12-20-27-28-21(31(19)20)14-5-7-29(8-6-14)22-18(24)10-25-13-26-22/h1,4,9-10,13-14,17H,2-3,5-8,11-12H2. The molecule has 1 aliphatic carbocycles. The van der Waals surface area contributed by atoms with Crippen molar-refractivity contribution in [2.75, 3.05) is 18.0 Å². The molecular formula is C22H23ClFN7. The number of nitrogens with zero attached hydrogens (tertiary/aromatic N) is 7. The lowest BCUT2D eigenvalue weighted by molar-refractivity contribution is 0.243. The second-order valence-electron chi connectivity index (χ2n) is 8.67. The van der Waals surface area contributed by atoms with Crippen LogP contribution in [0.3, 0.4) is 0 Å². The van der Waals surface area contributed by atoms with Crippen molar-refractivity contribution >= 4 is 17.4 Å².